The number of carbonyl (C=O) groups is 1. The smallest absolute Gasteiger partial charge is 0.387 e. The van der Waals surface area contributed by atoms with E-state index in [4.69, 9.17) is 9.05 Å². The number of quaternary nitrogens is 1. The van der Waals surface area contributed by atoms with Gasteiger partial charge in [-0.05, 0) is 44.9 Å². The minimum atomic E-state index is -4.30. The number of phosphoric acid groups is 1. The van der Waals surface area contributed by atoms with Gasteiger partial charge >= 0.3 is 7.82 Å². The fourth-order valence-corrected chi connectivity index (χ4v) is 3.85. The topological polar surface area (TPSA) is 105 Å². The highest BCUT2D eigenvalue weighted by Crippen LogP contribution is 2.43. The molecule has 9 heteroatoms. The van der Waals surface area contributed by atoms with Gasteiger partial charge in [-0.25, -0.2) is 4.57 Å². The Balaban J connectivity index is 4.54. The van der Waals surface area contributed by atoms with Crippen molar-refractivity contribution in [3.63, 3.8) is 0 Å². The van der Waals surface area contributed by atoms with Gasteiger partial charge in [0.05, 0.1) is 39.9 Å². The molecule has 0 aliphatic carbocycles. The lowest BCUT2D eigenvalue weighted by Gasteiger charge is -2.25. The van der Waals surface area contributed by atoms with Crippen LogP contribution in [-0.2, 0) is 18.4 Å². The SMILES string of the molecule is CCCCC/C=C/CC/C=C/CC/C=C/C(O)C(COP(=O)(O)OCC[N+](C)(C)C)NC(=O)CCC. The zero-order chi connectivity index (χ0) is 27.3. The Labute approximate surface area is 219 Å². The van der Waals surface area contributed by atoms with Crippen LogP contribution >= 0.6 is 7.82 Å². The molecule has 210 valence electrons. The predicted molar refractivity (Wildman–Crippen MR) is 148 cm³/mol. The van der Waals surface area contributed by atoms with Crippen molar-refractivity contribution in [3.8, 4) is 0 Å². The normalized spacial score (nSPS) is 16.1. The third-order valence-electron chi connectivity index (χ3n) is 5.31. The summed E-state index contributed by atoms with van der Waals surface area (Å²) in [5.74, 6) is -0.250. The van der Waals surface area contributed by atoms with Gasteiger partial charge in [0.2, 0.25) is 5.91 Å². The third kappa shape index (κ3) is 22.0. The highest BCUT2D eigenvalue weighted by molar-refractivity contribution is 7.47. The maximum absolute atomic E-state index is 12.2. The highest BCUT2D eigenvalue weighted by atomic mass is 31.2. The molecule has 0 saturated heterocycles. The minimum Gasteiger partial charge on any atom is -0.387 e. The average molecular weight is 532 g/mol. The van der Waals surface area contributed by atoms with Crippen molar-refractivity contribution in [2.24, 2.45) is 0 Å². The van der Waals surface area contributed by atoms with Crippen molar-refractivity contribution >= 4 is 13.7 Å². The first-order chi connectivity index (χ1) is 17.0. The molecule has 36 heavy (non-hydrogen) atoms. The number of allylic oxidation sites excluding steroid dienone is 5. The van der Waals surface area contributed by atoms with E-state index < -0.39 is 20.0 Å². The monoisotopic (exact) mass is 531 g/mol. The summed E-state index contributed by atoms with van der Waals surface area (Å²) in [5, 5.41) is 13.3. The molecular formula is C27H52N2O6P+. The number of hydrogen-bond acceptors (Lipinski definition) is 5. The molecule has 0 aromatic rings. The van der Waals surface area contributed by atoms with E-state index in [1.165, 1.54) is 19.3 Å². The van der Waals surface area contributed by atoms with Crippen molar-refractivity contribution in [2.45, 2.75) is 90.2 Å². The number of rotatable bonds is 22. The first-order valence-corrected chi connectivity index (χ1v) is 14.9. The van der Waals surface area contributed by atoms with Gasteiger partial charge in [-0.15, -0.1) is 0 Å². The molecule has 3 N–H and O–H groups in total. The lowest BCUT2D eigenvalue weighted by Crippen LogP contribution is -2.45. The first-order valence-electron chi connectivity index (χ1n) is 13.4. The summed E-state index contributed by atoms with van der Waals surface area (Å²) in [4.78, 5) is 22.0. The number of aliphatic hydroxyl groups is 1. The van der Waals surface area contributed by atoms with Gasteiger partial charge in [0.1, 0.15) is 13.2 Å². The van der Waals surface area contributed by atoms with Gasteiger partial charge in [0, 0.05) is 6.42 Å². The molecule has 0 spiro atoms. The van der Waals surface area contributed by atoms with Gasteiger partial charge in [-0.3, -0.25) is 13.8 Å². The van der Waals surface area contributed by atoms with Crippen LogP contribution in [0.25, 0.3) is 0 Å². The van der Waals surface area contributed by atoms with E-state index in [0.29, 0.717) is 23.9 Å². The van der Waals surface area contributed by atoms with E-state index in [-0.39, 0.29) is 19.1 Å². The first kappa shape index (κ1) is 34.7. The number of phosphoric ester groups is 1. The van der Waals surface area contributed by atoms with E-state index in [1.807, 2.05) is 34.1 Å². The van der Waals surface area contributed by atoms with E-state index >= 15 is 0 Å². The molecule has 0 aromatic carbocycles. The summed E-state index contributed by atoms with van der Waals surface area (Å²) in [5.41, 5.74) is 0. The summed E-state index contributed by atoms with van der Waals surface area (Å²) in [6.07, 6.45) is 20.7. The number of amides is 1. The van der Waals surface area contributed by atoms with Crippen LogP contribution in [0.1, 0.15) is 78.1 Å². The summed E-state index contributed by atoms with van der Waals surface area (Å²) in [6.45, 7) is 4.33. The van der Waals surface area contributed by atoms with Gasteiger partial charge in [-0.2, -0.15) is 0 Å². The van der Waals surface area contributed by atoms with Gasteiger partial charge in [0.25, 0.3) is 0 Å². The Morgan fingerprint density at radius 3 is 2.06 bits per heavy atom. The summed E-state index contributed by atoms with van der Waals surface area (Å²) < 4.78 is 22.9. The Morgan fingerprint density at radius 2 is 1.50 bits per heavy atom. The van der Waals surface area contributed by atoms with E-state index in [0.717, 1.165) is 32.1 Å². The second-order valence-electron chi connectivity index (χ2n) is 10.0. The van der Waals surface area contributed by atoms with Crippen LogP contribution in [0.5, 0.6) is 0 Å². The number of carbonyl (C=O) groups excluding carboxylic acids is 1. The Hall–Kier alpha value is -1.28. The van der Waals surface area contributed by atoms with Gasteiger partial charge < -0.3 is 19.8 Å². The van der Waals surface area contributed by atoms with E-state index in [2.05, 4.69) is 36.5 Å². The number of unbranched alkanes of at least 4 members (excludes halogenated alkanes) is 5. The van der Waals surface area contributed by atoms with Crippen LogP contribution in [0.15, 0.2) is 36.5 Å². The summed E-state index contributed by atoms with van der Waals surface area (Å²) >= 11 is 0. The molecule has 8 nitrogen and oxygen atoms in total. The second-order valence-corrected chi connectivity index (χ2v) is 11.5. The Kier molecular flexibility index (Phi) is 20.0. The molecule has 0 heterocycles. The molecule has 3 atom stereocenters. The summed E-state index contributed by atoms with van der Waals surface area (Å²) in [6, 6.07) is -0.859. The predicted octanol–water partition coefficient (Wildman–Crippen LogP) is 5.28. The maximum Gasteiger partial charge on any atom is 0.472 e. The van der Waals surface area contributed by atoms with Crippen LogP contribution in [0.3, 0.4) is 0 Å². The van der Waals surface area contributed by atoms with Gasteiger partial charge in [0.15, 0.2) is 0 Å². The molecular weight excluding hydrogens is 479 g/mol. The summed E-state index contributed by atoms with van der Waals surface area (Å²) in [7, 11) is 1.53. The van der Waals surface area contributed by atoms with Crippen LogP contribution in [-0.4, -0.2) is 73.4 Å². The van der Waals surface area contributed by atoms with E-state index in [9.17, 15) is 19.4 Å². The van der Waals surface area contributed by atoms with Crippen molar-refractivity contribution in [1.82, 2.24) is 5.32 Å². The minimum absolute atomic E-state index is 0.0510. The van der Waals surface area contributed by atoms with Crippen LogP contribution < -0.4 is 5.32 Å². The second kappa shape index (κ2) is 20.7. The van der Waals surface area contributed by atoms with Crippen LogP contribution in [0.2, 0.25) is 0 Å². The van der Waals surface area contributed by atoms with Crippen molar-refractivity contribution in [1.29, 1.82) is 0 Å². The molecule has 0 aliphatic heterocycles. The van der Waals surface area contributed by atoms with Gasteiger partial charge in [-0.1, -0.05) is 63.1 Å². The van der Waals surface area contributed by atoms with E-state index in [1.54, 1.807) is 6.08 Å². The highest BCUT2D eigenvalue weighted by Gasteiger charge is 2.27. The molecule has 0 aliphatic rings. The standard InChI is InChI=1S/C27H51N2O6P/c1-6-8-9-10-11-12-13-14-15-16-17-18-19-21-26(30)25(28-27(31)20-7-2)24-35-36(32,33)34-23-22-29(3,4)5/h11-12,15-16,19,21,25-26,30H,6-10,13-14,17-18,20,22-24H2,1-5H3,(H-,28,31,32,33)/p+1/b12-11+,16-15+,21-19+. The lowest BCUT2D eigenvalue weighted by molar-refractivity contribution is -0.870. The largest absolute Gasteiger partial charge is 0.472 e. The van der Waals surface area contributed by atoms with Crippen LogP contribution in [0.4, 0.5) is 0 Å². The molecule has 0 rings (SSSR count). The Morgan fingerprint density at radius 1 is 0.917 bits per heavy atom. The molecule has 0 bridgehead atoms. The third-order valence-corrected chi connectivity index (χ3v) is 6.29. The molecule has 0 fully saturated rings. The molecule has 3 unspecified atom stereocenters. The maximum atomic E-state index is 12.2. The lowest BCUT2D eigenvalue weighted by atomic mass is 10.1. The molecule has 0 aromatic heterocycles. The Bertz CT molecular complexity index is 703. The van der Waals surface area contributed by atoms with Crippen molar-refractivity contribution < 1.29 is 32.9 Å². The fourth-order valence-electron chi connectivity index (χ4n) is 3.11. The number of aliphatic hydroxyl groups excluding tert-OH is 1. The molecule has 0 saturated carbocycles. The van der Waals surface area contributed by atoms with Crippen molar-refractivity contribution in [2.75, 3.05) is 40.9 Å². The number of likely N-dealkylation sites (N-methyl/N-ethyl adjacent to an activating group) is 1. The quantitative estimate of drug-likeness (QED) is 0.0760. The zero-order valence-corrected chi connectivity index (χ0v) is 24.1. The molecule has 1 amide bonds. The van der Waals surface area contributed by atoms with Crippen molar-refractivity contribution in [3.05, 3.63) is 36.5 Å². The average Bonchev–Trinajstić information content (AvgIpc) is 2.78. The number of hydrogen-bond donors (Lipinski definition) is 3. The fraction of sp³-hybridized carbons (Fsp3) is 0.741. The number of nitrogens with zero attached hydrogens (tertiary/aromatic N) is 1. The molecule has 0 radical (unpaired) electrons. The van der Waals surface area contributed by atoms with Crippen LogP contribution in [0, 0.1) is 0 Å². The zero-order valence-electron chi connectivity index (χ0n) is 23.2. The number of nitrogens with one attached hydrogen (secondary N) is 1.